The molecule has 1 aromatic rings. The Bertz CT molecular complexity index is 843. The molecule has 0 aliphatic rings. The van der Waals surface area contributed by atoms with Gasteiger partial charge in [-0.1, -0.05) is 78.3 Å². The molecule has 0 spiro atoms. The lowest BCUT2D eigenvalue weighted by atomic mass is 9.95. The summed E-state index contributed by atoms with van der Waals surface area (Å²) in [5, 5.41) is 17.7. The van der Waals surface area contributed by atoms with Gasteiger partial charge in [0, 0.05) is 6.42 Å². The van der Waals surface area contributed by atoms with Crippen LogP contribution in [0.5, 0.6) is 0 Å². The fourth-order valence-electron chi connectivity index (χ4n) is 3.67. The van der Waals surface area contributed by atoms with Gasteiger partial charge in [-0.15, -0.1) is 0 Å². The third-order valence-corrected chi connectivity index (χ3v) is 6.00. The van der Waals surface area contributed by atoms with E-state index in [0.717, 1.165) is 5.56 Å². The molecule has 0 heterocycles. The summed E-state index contributed by atoms with van der Waals surface area (Å²) < 4.78 is 0. The first kappa shape index (κ1) is 30.1. The fraction of sp³-hybridized carbons (Fsp3) is 0.615. The zero-order valence-electron chi connectivity index (χ0n) is 21.7. The monoisotopic (exact) mass is 490 g/mol. The van der Waals surface area contributed by atoms with Crippen molar-refractivity contribution < 1.29 is 24.3 Å². The van der Waals surface area contributed by atoms with Crippen LogP contribution in [0.1, 0.15) is 59.9 Å². The largest absolute Gasteiger partial charge is 0.480 e. The van der Waals surface area contributed by atoms with E-state index in [9.17, 15) is 24.3 Å². The SMILES string of the molecule is CCC(C)C(NC(=O)C(N)CC(C)C)C(=O)NC(C(=O)NC(Cc1ccccc1)C(=O)O)C(C)C. The minimum Gasteiger partial charge on any atom is -0.480 e. The van der Waals surface area contributed by atoms with Crippen LogP contribution < -0.4 is 21.7 Å². The topological polar surface area (TPSA) is 151 Å². The maximum Gasteiger partial charge on any atom is 0.326 e. The molecular formula is C26H42N4O5. The molecule has 0 saturated heterocycles. The molecule has 5 atom stereocenters. The summed E-state index contributed by atoms with van der Waals surface area (Å²) in [7, 11) is 0. The lowest BCUT2D eigenvalue weighted by Crippen LogP contribution is -2.60. The number of benzene rings is 1. The number of nitrogens with one attached hydrogen (secondary N) is 3. The minimum absolute atomic E-state index is 0.111. The van der Waals surface area contributed by atoms with Gasteiger partial charge in [0.05, 0.1) is 6.04 Å². The van der Waals surface area contributed by atoms with Crippen LogP contribution in [0.4, 0.5) is 0 Å². The summed E-state index contributed by atoms with van der Waals surface area (Å²) in [4.78, 5) is 50.6. The van der Waals surface area contributed by atoms with E-state index in [1.165, 1.54) is 0 Å². The highest BCUT2D eigenvalue weighted by Gasteiger charge is 2.33. The molecule has 0 bridgehead atoms. The van der Waals surface area contributed by atoms with Gasteiger partial charge in [-0.3, -0.25) is 14.4 Å². The van der Waals surface area contributed by atoms with Gasteiger partial charge in [0.2, 0.25) is 17.7 Å². The van der Waals surface area contributed by atoms with Gasteiger partial charge in [-0.25, -0.2) is 4.79 Å². The number of carboxylic acid groups (broad SMARTS) is 1. The predicted molar refractivity (Wildman–Crippen MR) is 135 cm³/mol. The number of amides is 3. The lowest BCUT2D eigenvalue weighted by molar-refractivity contribution is -0.142. The summed E-state index contributed by atoms with van der Waals surface area (Å²) in [5.74, 6) is -2.99. The van der Waals surface area contributed by atoms with Crippen molar-refractivity contribution in [2.45, 2.75) is 85.0 Å². The molecule has 0 saturated carbocycles. The van der Waals surface area contributed by atoms with E-state index >= 15 is 0 Å². The van der Waals surface area contributed by atoms with Crippen molar-refractivity contribution in [3.8, 4) is 0 Å². The second kappa shape index (κ2) is 14.5. The maximum absolute atomic E-state index is 13.2. The zero-order chi connectivity index (χ0) is 26.7. The number of rotatable bonds is 14. The van der Waals surface area contributed by atoms with E-state index in [1.807, 2.05) is 33.8 Å². The summed E-state index contributed by atoms with van der Waals surface area (Å²) in [6, 6.07) is 5.24. The Morgan fingerprint density at radius 1 is 0.857 bits per heavy atom. The number of carboxylic acids is 1. The first-order chi connectivity index (χ1) is 16.4. The molecule has 9 heteroatoms. The standard InChI is InChI=1S/C26H42N4O5/c1-7-17(6)22(30-23(31)19(27)13-15(2)3)25(33)29-21(16(4)5)24(32)28-20(26(34)35)14-18-11-9-8-10-12-18/h8-12,15-17,19-22H,7,13-14,27H2,1-6H3,(H,28,32)(H,29,33)(H,30,31)(H,34,35). The van der Waals surface area contributed by atoms with E-state index < -0.39 is 47.9 Å². The van der Waals surface area contributed by atoms with Crippen molar-refractivity contribution in [2.75, 3.05) is 0 Å². The third kappa shape index (κ3) is 10.1. The summed E-state index contributed by atoms with van der Waals surface area (Å²) >= 11 is 0. The highest BCUT2D eigenvalue weighted by atomic mass is 16.4. The van der Waals surface area contributed by atoms with Gasteiger partial charge in [0.15, 0.2) is 0 Å². The maximum atomic E-state index is 13.2. The van der Waals surface area contributed by atoms with E-state index in [1.54, 1.807) is 38.1 Å². The quantitative estimate of drug-likeness (QED) is 0.268. The summed E-state index contributed by atoms with van der Waals surface area (Å²) in [6.45, 7) is 11.2. The molecule has 0 fully saturated rings. The van der Waals surface area contributed by atoms with Crippen LogP contribution in [-0.4, -0.2) is 53.0 Å². The van der Waals surface area contributed by atoms with E-state index in [-0.39, 0.29) is 24.2 Å². The number of carbonyl (C=O) groups excluding carboxylic acids is 3. The summed E-state index contributed by atoms with van der Waals surface area (Å²) in [5.41, 5.74) is 6.76. The van der Waals surface area contributed by atoms with Crippen molar-refractivity contribution >= 4 is 23.7 Å². The fourth-order valence-corrected chi connectivity index (χ4v) is 3.67. The van der Waals surface area contributed by atoms with Crippen molar-refractivity contribution in [3.05, 3.63) is 35.9 Å². The zero-order valence-corrected chi connectivity index (χ0v) is 21.7. The number of carbonyl (C=O) groups is 4. The van der Waals surface area contributed by atoms with Crippen molar-refractivity contribution in [2.24, 2.45) is 23.5 Å². The van der Waals surface area contributed by atoms with E-state index in [2.05, 4.69) is 16.0 Å². The average Bonchev–Trinajstić information content (AvgIpc) is 2.79. The molecule has 0 aliphatic heterocycles. The number of hydrogen-bond donors (Lipinski definition) is 5. The predicted octanol–water partition coefficient (Wildman–Crippen LogP) is 1.84. The smallest absolute Gasteiger partial charge is 0.326 e. The molecule has 0 aliphatic carbocycles. The molecule has 0 aromatic heterocycles. The molecule has 1 aromatic carbocycles. The van der Waals surface area contributed by atoms with Crippen LogP contribution in [0, 0.1) is 17.8 Å². The Hall–Kier alpha value is -2.94. The first-order valence-corrected chi connectivity index (χ1v) is 12.3. The molecule has 1 rings (SSSR count). The van der Waals surface area contributed by atoms with Crippen LogP contribution >= 0.6 is 0 Å². The highest BCUT2D eigenvalue weighted by molar-refractivity contribution is 5.94. The van der Waals surface area contributed by atoms with Gasteiger partial charge in [-0.05, 0) is 29.7 Å². The third-order valence-electron chi connectivity index (χ3n) is 6.00. The van der Waals surface area contributed by atoms with Gasteiger partial charge in [-0.2, -0.15) is 0 Å². The van der Waals surface area contributed by atoms with E-state index in [4.69, 9.17) is 5.73 Å². The second-order valence-electron chi connectivity index (χ2n) is 9.93. The molecule has 6 N–H and O–H groups in total. The number of hydrogen-bond acceptors (Lipinski definition) is 5. The molecule has 35 heavy (non-hydrogen) atoms. The molecule has 3 amide bonds. The highest BCUT2D eigenvalue weighted by Crippen LogP contribution is 2.12. The van der Waals surface area contributed by atoms with E-state index in [0.29, 0.717) is 12.8 Å². The van der Waals surface area contributed by atoms with Crippen molar-refractivity contribution in [1.82, 2.24) is 16.0 Å². The Morgan fingerprint density at radius 2 is 1.40 bits per heavy atom. The Balaban J connectivity index is 2.97. The molecule has 5 unspecified atom stereocenters. The summed E-state index contributed by atoms with van der Waals surface area (Å²) in [6.07, 6.45) is 1.21. The van der Waals surface area contributed by atoms with Crippen LogP contribution in [0.2, 0.25) is 0 Å². The van der Waals surface area contributed by atoms with Crippen molar-refractivity contribution in [3.63, 3.8) is 0 Å². The first-order valence-electron chi connectivity index (χ1n) is 12.3. The molecule has 0 radical (unpaired) electrons. The molecular weight excluding hydrogens is 448 g/mol. The van der Waals surface area contributed by atoms with Crippen LogP contribution in [0.3, 0.4) is 0 Å². The van der Waals surface area contributed by atoms with Gasteiger partial charge in [0.1, 0.15) is 18.1 Å². The lowest BCUT2D eigenvalue weighted by Gasteiger charge is -2.29. The number of nitrogens with two attached hydrogens (primary N) is 1. The van der Waals surface area contributed by atoms with Crippen LogP contribution in [0.25, 0.3) is 0 Å². The van der Waals surface area contributed by atoms with Crippen LogP contribution in [-0.2, 0) is 25.6 Å². The van der Waals surface area contributed by atoms with Crippen LogP contribution in [0.15, 0.2) is 30.3 Å². The van der Waals surface area contributed by atoms with Gasteiger partial charge < -0.3 is 26.8 Å². The molecule has 196 valence electrons. The Morgan fingerprint density at radius 3 is 1.89 bits per heavy atom. The molecule has 9 nitrogen and oxygen atoms in total. The van der Waals surface area contributed by atoms with Gasteiger partial charge in [0.25, 0.3) is 0 Å². The van der Waals surface area contributed by atoms with Gasteiger partial charge >= 0.3 is 5.97 Å². The normalized spacial score (nSPS) is 15.6. The number of aliphatic carboxylic acids is 1. The average molecular weight is 491 g/mol. The second-order valence-corrected chi connectivity index (χ2v) is 9.93. The van der Waals surface area contributed by atoms with Crippen molar-refractivity contribution in [1.29, 1.82) is 0 Å². The minimum atomic E-state index is -1.17. The Kier molecular flexibility index (Phi) is 12.4. The Labute approximate surface area is 208 Å².